The number of pyridine rings is 1. The molecule has 6 nitrogen and oxygen atoms in total. The summed E-state index contributed by atoms with van der Waals surface area (Å²) in [6.45, 7) is 3.80. The number of nitriles is 1. The number of anilines is 2. The predicted molar refractivity (Wildman–Crippen MR) is 89.4 cm³/mol. The highest BCUT2D eigenvalue weighted by atomic mass is 15.3. The summed E-state index contributed by atoms with van der Waals surface area (Å²) in [6, 6.07) is 4.43. The van der Waals surface area contributed by atoms with Crippen LogP contribution in [-0.2, 0) is 0 Å². The van der Waals surface area contributed by atoms with Gasteiger partial charge < -0.3 is 9.80 Å². The van der Waals surface area contributed by atoms with Crippen LogP contribution < -0.4 is 9.80 Å². The maximum absolute atomic E-state index is 9.23. The van der Waals surface area contributed by atoms with Crippen molar-refractivity contribution in [2.75, 3.05) is 29.9 Å². The van der Waals surface area contributed by atoms with E-state index in [0.29, 0.717) is 11.6 Å². The lowest BCUT2D eigenvalue weighted by molar-refractivity contribution is 0.477. The van der Waals surface area contributed by atoms with Crippen LogP contribution in [0.2, 0.25) is 0 Å². The fourth-order valence-corrected chi connectivity index (χ4v) is 2.96. The fourth-order valence-electron chi connectivity index (χ4n) is 2.96. The van der Waals surface area contributed by atoms with Crippen LogP contribution in [0.15, 0.2) is 30.9 Å². The highest BCUT2D eigenvalue weighted by molar-refractivity contribution is 5.57. The molecule has 0 unspecified atom stereocenters. The second-order valence-corrected chi connectivity index (χ2v) is 5.89. The minimum Gasteiger partial charge on any atom is -0.369 e. The van der Waals surface area contributed by atoms with Crippen LogP contribution >= 0.6 is 0 Å². The topological polar surface area (TPSA) is 68.9 Å². The Kier molecular flexibility index (Phi) is 4.38. The number of aromatic nitrogens is 3. The van der Waals surface area contributed by atoms with Gasteiger partial charge in [-0.25, -0.2) is 9.97 Å². The smallest absolute Gasteiger partial charge is 0.225 e. The normalized spacial score (nSPS) is 15.3. The van der Waals surface area contributed by atoms with E-state index < -0.39 is 0 Å². The molecule has 0 saturated carbocycles. The van der Waals surface area contributed by atoms with Gasteiger partial charge >= 0.3 is 0 Å². The third-order valence-electron chi connectivity index (χ3n) is 4.36. The van der Waals surface area contributed by atoms with Gasteiger partial charge in [0.05, 0.1) is 17.4 Å². The predicted octanol–water partition coefficient (Wildman–Crippen LogP) is 2.16. The molecule has 0 aliphatic carbocycles. The third kappa shape index (κ3) is 3.24. The summed E-state index contributed by atoms with van der Waals surface area (Å²) in [5.74, 6) is 0.771. The highest BCUT2D eigenvalue weighted by Gasteiger charge is 2.25. The largest absolute Gasteiger partial charge is 0.369 e. The molecule has 0 amide bonds. The SMILES string of the molecule is Cc1cnc(N(C)C2CCN(c3cnccc3C#N)CC2)nc1. The van der Waals surface area contributed by atoms with Crippen molar-refractivity contribution in [2.45, 2.75) is 25.8 Å². The van der Waals surface area contributed by atoms with E-state index in [9.17, 15) is 5.26 Å². The maximum atomic E-state index is 9.23. The van der Waals surface area contributed by atoms with Crippen LogP contribution in [0.4, 0.5) is 11.6 Å². The molecule has 0 bridgehead atoms. The minimum absolute atomic E-state index is 0.413. The monoisotopic (exact) mass is 308 g/mol. The molecule has 1 fully saturated rings. The van der Waals surface area contributed by atoms with E-state index in [0.717, 1.165) is 43.1 Å². The van der Waals surface area contributed by atoms with Crippen LogP contribution in [0.25, 0.3) is 0 Å². The maximum Gasteiger partial charge on any atom is 0.225 e. The van der Waals surface area contributed by atoms with Gasteiger partial charge in [0.25, 0.3) is 0 Å². The fraction of sp³-hybridized carbons (Fsp3) is 0.412. The molecule has 2 aromatic rings. The summed E-state index contributed by atoms with van der Waals surface area (Å²) in [7, 11) is 2.05. The quantitative estimate of drug-likeness (QED) is 0.865. The number of hydrogen-bond donors (Lipinski definition) is 0. The molecule has 118 valence electrons. The number of hydrogen-bond acceptors (Lipinski definition) is 6. The Morgan fingerprint density at radius 3 is 2.57 bits per heavy atom. The Labute approximate surface area is 136 Å². The van der Waals surface area contributed by atoms with E-state index in [-0.39, 0.29) is 0 Å². The minimum atomic E-state index is 0.413. The highest BCUT2D eigenvalue weighted by Crippen LogP contribution is 2.25. The van der Waals surface area contributed by atoms with Gasteiger partial charge in [0.1, 0.15) is 6.07 Å². The second kappa shape index (κ2) is 6.61. The number of rotatable bonds is 3. The first kappa shape index (κ1) is 15.2. The van der Waals surface area contributed by atoms with Crippen molar-refractivity contribution in [2.24, 2.45) is 0 Å². The third-order valence-corrected chi connectivity index (χ3v) is 4.36. The zero-order valence-corrected chi connectivity index (χ0v) is 13.5. The van der Waals surface area contributed by atoms with Crippen molar-refractivity contribution in [1.29, 1.82) is 5.26 Å². The molecule has 1 aliphatic rings. The first-order valence-corrected chi connectivity index (χ1v) is 7.79. The van der Waals surface area contributed by atoms with E-state index in [1.165, 1.54) is 0 Å². The summed E-state index contributed by atoms with van der Waals surface area (Å²) in [5.41, 5.74) is 2.69. The first-order chi connectivity index (χ1) is 11.2. The molecule has 0 radical (unpaired) electrons. The average Bonchev–Trinajstić information content (AvgIpc) is 2.62. The van der Waals surface area contributed by atoms with Crippen molar-refractivity contribution in [3.05, 3.63) is 42.0 Å². The molecule has 0 aromatic carbocycles. The molecule has 6 heteroatoms. The summed E-state index contributed by atoms with van der Waals surface area (Å²) in [6.07, 6.45) is 9.16. The van der Waals surface area contributed by atoms with Crippen LogP contribution in [0.1, 0.15) is 24.0 Å². The summed E-state index contributed by atoms with van der Waals surface area (Å²) >= 11 is 0. The molecular formula is C17H20N6. The summed E-state index contributed by atoms with van der Waals surface area (Å²) in [5, 5.41) is 9.23. The standard InChI is InChI=1S/C17H20N6/c1-13-10-20-17(21-11-13)22(2)15-4-7-23(8-5-15)16-12-19-6-3-14(16)9-18/h3,6,10-12,15H,4-5,7-8H2,1-2H3. The lowest BCUT2D eigenvalue weighted by atomic mass is 10.0. The Morgan fingerprint density at radius 1 is 1.22 bits per heavy atom. The van der Waals surface area contributed by atoms with E-state index in [2.05, 4.69) is 37.9 Å². The molecule has 1 aliphatic heterocycles. The second-order valence-electron chi connectivity index (χ2n) is 5.89. The molecule has 1 saturated heterocycles. The van der Waals surface area contributed by atoms with E-state index in [1.54, 1.807) is 18.5 Å². The van der Waals surface area contributed by atoms with Gasteiger partial charge in [0.15, 0.2) is 0 Å². The van der Waals surface area contributed by atoms with Crippen LogP contribution in [0.3, 0.4) is 0 Å². The molecular weight excluding hydrogens is 288 g/mol. The Bertz CT molecular complexity index is 698. The van der Waals surface area contributed by atoms with Crippen molar-refractivity contribution < 1.29 is 0 Å². The van der Waals surface area contributed by atoms with Crippen molar-refractivity contribution >= 4 is 11.6 Å². The van der Waals surface area contributed by atoms with Gasteiger partial charge in [-0.3, -0.25) is 4.98 Å². The van der Waals surface area contributed by atoms with Crippen LogP contribution in [-0.4, -0.2) is 41.1 Å². The van der Waals surface area contributed by atoms with Crippen molar-refractivity contribution in [1.82, 2.24) is 15.0 Å². The van der Waals surface area contributed by atoms with Gasteiger partial charge in [0.2, 0.25) is 5.95 Å². The Hall–Kier alpha value is -2.68. The Morgan fingerprint density at radius 2 is 1.91 bits per heavy atom. The summed E-state index contributed by atoms with van der Waals surface area (Å²) in [4.78, 5) is 17.4. The molecule has 23 heavy (non-hydrogen) atoms. The van der Waals surface area contributed by atoms with Gasteiger partial charge in [0, 0.05) is 44.8 Å². The molecule has 3 heterocycles. The molecule has 0 atom stereocenters. The van der Waals surface area contributed by atoms with Gasteiger partial charge in [-0.1, -0.05) is 0 Å². The average molecular weight is 308 g/mol. The van der Waals surface area contributed by atoms with Crippen LogP contribution in [0.5, 0.6) is 0 Å². The summed E-state index contributed by atoms with van der Waals surface area (Å²) < 4.78 is 0. The number of aryl methyl sites for hydroxylation is 1. The molecule has 0 N–H and O–H groups in total. The molecule has 2 aromatic heterocycles. The van der Waals surface area contributed by atoms with Crippen LogP contribution in [0, 0.1) is 18.3 Å². The zero-order valence-electron chi connectivity index (χ0n) is 13.5. The first-order valence-electron chi connectivity index (χ1n) is 7.79. The lowest BCUT2D eigenvalue weighted by Gasteiger charge is -2.37. The zero-order chi connectivity index (χ0) is 16.2. The lowest BCUT2D eigenvalue weighted by Crippen LogP contribution is -2.44. The van der Waals surface area contributed by atoms with Gasteiger partial charge in [-0.2, -0.15) is 5.26 Å². The molecule has 0 spiro atoms. The van der Waals surface area contributed by atoms with Crippen molar-refractivity contribution in [3.8, 4) is 6.07 Å². The van der Waals surface area contributed by atoms with Gasteiger partial charge in [-0.05, 0) is 31.4 Å². The number of piperidine rings is 1. The van der Waals surface area contributed by atoms with E-state index in [1.807, 2.05) is 19.3 Å². The van der Waals surface area contributed by atoms with E-state index in [4.69, 9.17) is 0 Å². The van der Waals surface area contributed by atoms with E-state index >= 15 is 0 Å². The molecule has 3 rings (SSSR count). The number of nitrogens with zero attached hydrogens (tertiary/aromatic N) is 6. The van der Waals surface area contributed by atoms with Crippen molar-refractivity contribution in [3.63, 3.8) is 0 Å². The Balaban J connectivity index is 1.66. The van der Waals surface area contributed by atoms with Gasteiger partial charge in [-0.15, -0.1) is 0 Å².